The summed E-state index contributed by atoms with van der Waals surface area (Å²) in [6, 6.07) is 0. The molecule has 0 aromatic rings. The fourth-order valence-corrected chi connectivity index (χ4v) is 48.6. The van der Waals surface area contributed by atoms with E-state index in [9.17, 15) is 0 Å². The molecule has 0 fully saturated rings. The molecule has 0 aliphatic rings. The molecule has 0 aromatic carbocycles. The monoisotopic (exact) mass is 798 g/mol. The van der Waals surface area contributed by atoms with Crippen LogP contribution in [0.3, 0.4) is 0 Å². The molecule has 0 aliphatic carbocycles. The van der Waals surface area contributed by atoms with Gasteiger partial charge in [-0.15, -0.1) is 0 Å². The molecule has 248 valence electrons. The molecule has 0 rings (SSSR count). The fraction of sp³-hybridized carbons (Fsp3) is 1.00. The van der Waals surface area contributed by atoms with Crippen LogP contribution in [0.1, 0.15) is 196 Å². The van der Waals surface area contributed by atoms with Gasteiger partial charge in [-0.1, -0.05) is 0 Å². The second-order valence-corrected chi connectivity index (χ2v) is 35.2. The number of hydrogen-bond donors (Lipinski definition) is 0. The Morgan fingerprint density at radius 3 is 0.805 bits per heavy atom. The third-order valence-electron chi connectivity index (χ3n) is 8.74. The quantitative estimate of drug-likeness (QED) is 0.0480. The Hall–Kier alpha value is 1.48. The zero-order valence-corrected chi connectivity index (χ0v) is 35.1. The molecule has 0 unspecified atom stereocenters. The third-order valence-corrected chi connectivity index (χ3v) is 42.0. The number of unbranched alkanes of at least 4 members (excludes halogenated alkanes) is 18. The Bertz CT molecular complexity index is 457. The molecule has 0 aromatic heterocycles. The van der Waals surface area contributed by atoms with Crippen molar-refractivity contribution >= 4 is 38.4 Å². The predicted octanol–water partition coefficient (Wildman–Crippen LogP) is 13.4. The minimum absolute atomic E-state index is 0.944. The topological polar surface area (TPSA) is 27.7 Å². The van der Waals surface area contributed by atoms with E-state index in [1.807, 2.05) is 0 Å². The standard InChI is InChI=1S/2C10H21O.4C4H9.O.2Sn/c2*1-2-3-4-5-6-7-8-9-10-11;4*1-3-4-2;;;/h2*2-10H2,1H3;4*1,3-4H2,2H3;;;/q2*-1;;;;;;2*+1. The van der Waals surface area contributed by atoms with Gasteiger partial charge in [-0.05, 0) is 0 Å². The van der Waals surface area contributed by atoms with Crippen LogP contribution >= 0.6 is 0 Å². The van der Waals surface area contributed by atoms with Gasteiger partial charge in [0.15, 0.2) is 0 Å². The molecule has 0 bridgehead atoms. The van der Waals surface area contributed by atoms with Crippen molar-refractivity contribution in [1.29, 1.82) is 0 Å². The van der Waals surface area contributed by atoms with Crippen molar-refractivity contribution in [3.63, 3.8) is 0 Å². The van der Waals surface area contributed by atoms with Crippen molar-refractivity contribution < 1.29 is 7.56 Å². The van der Waals surface area contributed by atoms with E-state index in [0.29, 0.717) is 0 Å². The summed E-state index contributed by atoms with van der Waals surface area (Å²) in [4.78, 5) is 0. The van der Waals surface area contributed by atoms with Crippen molar-refractivity contribution in [2.75, 3.05) is 13.2 Å². The van der Waals surface area contributed by atoms with E-state index in [1.165, 1.54) is 172 Å². The molecule has 0 amide bonds. The van der Waals surface area contributed by atoms with E-state index in [-0.39, 0.29) is 0 Å². The van der Waals surface area contributed by atoms with Gasteiger partial charge in [0.2, 0.25) is 0 Å². The van der Waals surface area contributed by atoms with Crippen molar-refractivity contribution in [2.24, 2.45) is 0 Å². The van der Waals surface area contributed by atoms with Crippen molar-refractivity contribution in [2.45, 2.75) is 213 Å². The summed E-state index contributed by atoms with van der Waals surface area (Å²) in [5, 5.41) is 0. The summed E-state index contributed by atoms with van der Waals surface area (Å²) in [5.41, 5.74) is 0. The first-order valence-electron chi connectivity index (χ1n) is 19.1. The van der Waals surface area contributed by atoms with Gasteiger partial charge < -0.3 is 0 Å². The molecule has 0 N–H and O–H groups in total. The van der Waals surface area contributed by atoms with Crippen LogP contribution in [0.15, 0.2) is 0 Å². The van der Waals surface area contributed by atoms with Crippen LogP contribution in [0.5, 0.6) is 0 Å². The zero-order chi connectivity index (χ0) is 30.3. The van der Waals surface area contributed by atoms with E-state index in [1.54, 1.807) is 0 Å². The minimum atomic E-state index is -3.24. The molecule has 3 nitrogen and oxygen atoms in total. The Morgan fingerprint density at radius 1 is 0.293 bits per heavy atom. The average Bonchev–Trinajstić information content (AvgIpc) is 2.99. The molecular weight excluding hydrogens is 718 g/mol. The predicted molar refractivity (Wildman–Crippen MR) is 189 cm³/mol. The SMILES string of the molecule is CCCCCCCCCC[O][Sn]([CH2]CCC)([CH2]CCC)[O][Sn]([CH2]CCC)([CH2]CCC)[O]CCCCCCCCCC. The van der Waals surface area contributed by atoms with Crippen LogP contribution in [-0.4, -0.2) is 51.6 Å². The van der Waals surface area contributed by atoms with Crippen LogP contribution in [0.4, 0.5) is 0 Å². The van der Waals surface area contributed by atoms with Gasteiger partial charge >= 0.3 is 273 Å². The first-order valence-corrected chi connectivity index (χ1v) is 31.8. The summed E-state index contributed by atoms with van der Waals surface area (Å²) in [6.07, 6.45) is 31.9. The summed E-state index contributed by atoms with van der Waals surface area (Å²) in [6.45, 7) is 15.9. The fourth-order valence-electron chi connectivity index (χ4n) is 5.91. The van der Waals surface area contributed by atoms with Gasteiger partial charge in [0.25, 0.3) is 0 Å². The van der Waals surface area contributed by atoms with Crippen LogP contribution in [-0.2, 0) is 7.56 Å². The molecule has 41 heavy (non-hydrogen) atoms. The van der Waals surface area contributed by atoms with Gasteiger partial charge in [-0.25, -0.2) is 0 Å². The van der Waals surface area contributed by atoms with E-state index in [4.69, 9.17) is 7.56 Å². The maximum absolute atomic E-state index is 7.75. The molecule has 0 aliphatic heterocycles. The molecule has 0 saturated carbocycles. The molecule has 0 saturated heterocycles. The second kappa shape index (κ2) is 31.5. The van der Waals surface area contributed by atoms with Crippen LogP contribution < -0.4 is 0 Å². The Balaban J connectivity index is 5.37. The number of rotatable bonds is 34. The van der Waals surface area contributed by atoms with Crippen molar-refractivity contribution in [3.8, 4) is 0 Å². The molecule has 0 spiro atoms. The summed E-state index contributed by atoms with van der Waals surface area (Å²) in [7, 11) is 0. The Kier molecular flexibility index (Phi) is 32.6. The Labute approximate surface area is 270 Å². The van der Waals surface area contributed by atoms with Crippen LogP contribution in [0.2, 0.25) is 17.7 Å². The van der Waals surface area contributed by atoms with E-state index < -0.39 is 38.4 Å². The van der Waals surface area contributed by atoms with E-state index in [2.05, 4.69) is 41.5 Å². The van der Waals surface area contributed by atoms with E-state index in [0.717, 1.165) is 13.2 Å². The summed E-state index contributed by atoms with van der Waals surface area (Å²) >= 11 is -6.49. The third kappa shape index (κ3) is 24.4. The first-order chi connectivity index (χ1) is 20.1. The molecule has 0 atom stereocenters. The van der Waals surface area contributed by atoms with Gasteiger partial charge in [-0.2, -0.15) is 0 Å². The molecular formula is C36H78O3Sn2. The van der Waals surface area contributed by atoms with Gasteiger partial charge in [-0.3, -0.25) is 0 Å². The number of hydrogen-bond acceptors (Lipinski definition) is 3. The maximum atomic E-state index is 7.75. The van der Waals surface area contributed by atoms with Gasteiger partial charge in [0.1, 0.15) is 0 Å². The normalized spacial score (nSPS) is 12.4. The molecule has 0 radical (unpaired) electrons. The zero-order valence-electron chi connectivity index (χ0n) is 29.4. The van der Waals surface area contributed by atoms with Crippen molar-refractivity contribution in [3.05, 3.63) is 0 Å². The van der Waals surface area contributed by atoms with Gasteiger partial charge in [0.05, 0.1) is 0 Å². The second-order valence-electron chi connectivity index (χ2n) is 13.0. The van der Waals surface area contributed by atoms with Gasteiger partial charge in [0, 0.05) is 0 Å². The molecule has 5 heteroatoms. The Morgan fingerprint density at radius 2 is 0.537 bits per heavy atom. The van der Waals surface area contributed by atoms with Crippen LogP contribution in [0, 0.1) is 0 Å². The first kappa shape index (κ1) is 42.5. The summed E-state index contributed by atoms with van der Waals surface area (Å²) < 4.78 is 27.0. The molecule has 0 heterocycles. The van der Waals surface area contributed by atoms with Crippen LogP contribution in [0.25, 0.3) is 0 Å². The van der Waals surface area contributed by atoms with Crippen molar-refractivity contribution in [1.82, 2.24) is 0 Å². The average molecular weight is 796 g/mol. The summed E-state index contributed by atoms with van der Waals surface area (Å²) in [5.74, 6) is 0. The van der Waals surface area contributed by atoms with E-state index >= 15 is 0 Å².